The third-order valence-electron chi connectivity index (χ3n) is 3.75. The fraction of sp³-hybridized carbons (Fsp3) is 0.167. The molecule has 0 aliphatic heterocycles. The Hall–Kier alpha value is -3.35. The van der Waals surface area contributed by atoms with Crippen LogP contribution in [0.15, 0.2) is 54.9 Å². The lowest BCUT2D eigenvalue weighted by atomic mass is 10.3. The molecule has 1 N–H and O–H groups in total. The number of hydrogen-bond acceptors (Lipinski definition) is 5. The van der Waals surface area contributed by atoms with Crippen LogP contribution in [0.3, 0.4) is 0 Å². The summed E-state index contributed by atoms with van der Waals surface area (Å²) in [6, 6.07) is 13.5. The standard InChI is InChI=1S/C18H17N5O2/c1-13-17-20-16(14-6-5-9-19-12-14)21-23(17)22-18(13)25-11-10-24-15-7-3-2-4-8-15/h2-9,12H,10-11H2,1H3,(H,20,21). The second-order valence-corrected chi connectivity index (χ2v) is 5.49. The average molecular weight is 335 g/mol. The number of aromatic nitrogens is 5. The van der Waals surface area contributed by atoms with Gasteiger partial charge in [-0.2, -0.15) is 4.63 Å². The summed E-state index contributed by atoms with van der Waals surface area (Å²) in [7, 11) is 0. The van der Waals surface area contributed by atoms with Crippen LogP contribution in [0.1, 0.15) is 5.56 Å². The zero-order chi connectivity index (χ0) is 17.1. The van der Waals surface area contributed by atoms with Crippen LogP contribution >= 0.6 is 0 Å². The maximum absolute atomic E-state index is 5.72. The molecule has 7 heteroatoms. The SMILES string of the molecule is Cc1c(OCCOc2ccccc2)nn2[nH]c(-c3cccnc3)nc12. The van der Waals surface area contributed by atoms with E-state index in [-0.39, 0.29) is 0 Å². The van der Waals surface area contributed by atoms with Crippen molar-refractivity contribution in [3.8, 4) is 23.0 Å². The van der Waals surface area contributed by atoms with E-state index in [4.69, 9.17) is 9.47 Å². The summed E-state index contributed by atoms with van der Waals surface area (Å²) >= 11 is 0. The first-order valence-corrected chi connectivity index (χ1v) is 7.97. The summed E-state index contributed by atoms with van der Waals surface area (Å²) in [5.41, 5.74) is 2.52. The number of pyridine rings is 1. The van der Waals surface area contributed by atoms with Gasteiger partial charge in [0.15, 0.2) is 11.5 Å². The van der Waals surface area contributed by atoms with Crippen molar-refractivity contribution in [3.05, 3.63) is 60.4 Å². The van der Waals surface area contributed by atoms with Crippen molar-refractivity contribution in [1.82, 2.24) is 24.8 Å². The van der Waals surface area contributed by atoms with Gasteiger partial charge in [0.25, 0.3) is 0 Å². The predicted octanol–water partition coefficient (Wildman–Crippen LogP) is 2.89. The number of hydrogen-bond donors (Lipinski definition) is 1. The molecule has 0 atom stereocenters. The van der Waals surface area contributed by atoms with Gasteiger partial charge in [-0.1, -0.05) is 18.2 Å². The highest BCUT2D eigenvalue weighted by Gasteiger charge is 2.15. The molecule has 126 valence electrons. The normalized spacial score (nSPS) is 10.9. The first kappa shape index (κ1) is 15.2. The summed E-state index contributed by atoms with van der Waals surface area (Å²) in [5.74, 6) is 2.09. The van der Waals surface area contributed by atoms with Gasteiger partial charge in [0.05, 0.1) is 5.56 Å². The third-order valence-corrected chi connectivity index (χ3v) is 3.75. The highest BCUT2D eigenvalue weighted by molar-refractivity contribution is 5.60. The number of nitrogens with zero attached hydrogens (tertiary/aromatic N) is 4. The maximum atomic E-state index is 5.72. The van der Waals surface area contributed by atoms with Gasteiger partial charge in [-0.05, 0) is 31.2 Å². The number of rotatable bonds is 6. The van der Waals surface area contributed by atoms with E-state index in [1.54, 1.807) is 17.0 Å². The van der Waals surface area contributed by atoms with Gasteiger partial charge in [0.1, 0.15) is 19.0 Å². The highest BCUT2D eigenvalue weighted by atomic mass is 16.5. The molecule has 0 saturated heterocycles. The zero-order valence-corrected chi connectivity index (χ0v) is 13.7. The molecule has 4 rings (SSSR count). The number of aryl methyl sites for hydroxylation is 1. The van der Waals surface area contributed by atoms with E-state index < -0.39 is 0 Å². The Balaban J connectivity index is 1.42. The van der Waals surface area contributed by atoms with Crippen LogP contribution in [0, 0.1) is 6.92 Å². The number of aromatic amines is 1. The summed E-state index contributed by atoms with van der Waals surface area (Å²) in [4.78, 5) is 8.67. The summed E-state index contributed by atoms with van der Waals surface area (Å²) in [5, 5.41) is 7.54. The molecular weight excluding hydrogens is 318 g/mol. The molecule has 0 unspecified atom stereocenters. The Morgan fingerprint density at radius 2 is 1.88 bits per heavy atom. The minimum Gasteiger partial charge on any atom is -0.490 e. The van der Waals surface area contributed by atoms with Crippen LogP contribution in [-0.4, -0.2) is 38.0 Å². The van der Waals surface area contributed by atoms with Gasteiger partial charge in [-0.25, -0.2) is 4.98 Å². The minimum atomic E-state index is 0.408. The molecule has 3 aromatic heterocycles. The van der Waals surface area contributed by atoms with Gasteiger partial charge < -0.3 is 9.47 Å². The van der Waals surface area contributed by atoms with Crippen LogP contribution in [0.5, 0.6) is 11.6 Å². The van der Waals surface area contributed by atoms with E-state index in [9.17, 15) is 0 Å². The minimum absolute atomic E-state index is 0.408. The lowest BCUT2D eigenvalue weighted by molar-refractivity contribution is 0.210. The molecule has 3 heterocycles. The molecule has 0 spiro atoms. The highest BCUT2D eigenvalue weighted by Crippen LogP contribution is 2.22. The van der Waals surface area contributed by atoms with E-state index in [2.05, 4.69) is 20.2 Å². The average Bonchev–Trinajstić information content (AvgIpc) is 3.20. The first-order valence-electron chi connectivity index (χ1n) is 7.97. The van der Waals surface area contributed by atoms with Gasteiger partial charge in [0.2, 0.25) is 5.88 Å². The van der Waals surface area contributed by atoms with Gasteiger partial charge in [0, 0.05) is 18.0 Å². The Morgan fingerprint density at radius 1 is 1.04 bits per heavy atom. The molecule has 25 heavy (non-hydrogen) atoms. The Bertz CT molecular complexity index is 963. The number of ether oxygens (including phenoxy) is 2. The Morgan fingerprint density at radius 3 is 2.64 bits per heavy atom. The van der Waals surface area contributed by atoms with Crippen molar-refractivity contribution < 1.29 is 9.47 Å². The van der Waals surface area contributed by atoms with Crippen molar-refractivity contribution in [1.29, 1.82) is 0 Å². The number of H-pyrrole nitrogens is 1. The first-order chi connectivity index (χ1) is 12.3. The quantitative estimate of drug-likeness (QED) is 0.548. The van der Waals surface area contributed by atoms with Gasteiger partial charge in [-0.3, -0.25) is 10.1 Å². The Labute approximate surface area is 144 Å². The molecule has 0 bridgehead atoms. The fourth-order valence-electron chi connectivity index (χ4n) is 2.49. The van der Waals surface area contributed by atoms with Crippen LogP contribution in [0.2, 0.25) is 0 Å². The molecule has 1 aromatic carbocycles. The third kappa shape index (κ3) is 3.16. The zero-order valence-electron chi connectivity index (χ0n) is 13.7. The van der Waals surface area contributed by atoms with Crippen LogP contribution < -0.4 is 9.47 Å². The van der Waals surface area contributed by atoms with Gasteiger partial charge in [-0.15, -0.1) is 5.10 Å². The molecule has 0 amide bonds. The molecule has 0 saturated carbocycles. The largest absolute Gasteiger partial charge is 0.490 e. The summed E-state index contributed by atoms with van der Waals surface area (Å²) < 4.78 is 12.9. The van der Waals surface area contributed by atoms with Crippen molar-refractivity contribution >= 4 is 5.65 Å². The van der Waals surface area contributed by atoms with Gasteiger partial charge >= 0.3 is 0 Å². The number of benzene rings is 1. The van der Waals surface area contributed by atoms with Crippen LogP contribution in [0.25, 0.3) is 17.0 Å². The van der Waals surface area contributed by atoms with Crippen molar-refractivity contribution in [3.63, 3.8) is 0 Å². The monoisotopic (exact) mass is 335 g/mol. The van der Waals surface area contributed by atoms with E-state index in [1.807, 2.05) is 49.4 Å². The van der Waals surface area contributed by atoms with Crippen molar-refractivity contribution in [2.75, 3.05) is 13.2 Å². The van der Waals surface area contributed by atoms with E-state index in [0.29, 0.717) is 19.1 Å². The molecule has 0 radical (unpaired) electrons. The lowest BCUT2D eigenvalue weighted by Crippen LogP contribution is -2.09. The van der Waals surface area contributed by atoms with Crippen molar-refractivity contribution in [2.45, 2.75) is 6.92 Å². The van der Waals surface area contributed by atoms with Crippen LogP contribution in [-0.2, 0) is 0 Å². The second kappa shape index (κ2) is 6.64. The number of nitrogens with one attached hydrogen (secondary N) is 1. The molecule has 0 fully saturated rings. The van der Waals surface area contributed by atoms with Crippen LogP contribution in [0.4, 0.5) is 0 Å². The second-order valence-electron chi connectivity index (χ2n) is 5.49. The van der Waals surface area contributed by atoms with E-state index >= 15 is 0 Å². The van der Waals surface area contributed by atoms with E-state index in [0.717, 1.165) is 28.3 Å². The topological polar surface area (TPSA) is 77.3 Å². The number of fused-ring (bicyclic) bond motifs is 1. The smallest absolute Gasteiger partial charge is 0.240 e. The molecule has 0 aliphatic rings. The molecule has 0 aliphatic carbocycles. The van der Waals surface area contributed by atoms with E-state index in [1.165, 1.54) is 0 Å². The number of para-hydroxylation sites is 1. The molecule has 4 aromatic rings. The molecule has 7 nitrogen and oxygen atoms in total. The fourth-order valence-corrected chi connectivity index (χ4v) is 2.49. The molecular formula is C18H17N5O2. The maximum Gasteiger partial charge on any atom is 0.240 e. The Kier molecular flexibility index (Phi) is 4.04. The summed E-state index contributed by atoms with van der Waals surface area (Å²) in [6.07, 6.45) is 3.48. The summed E-state index contributed by atoms with van der Waals surface area (Å²) in [6.45, 7) is 2.79. The van der Waals surface area contributed by atoms with Crippen molar-refractivity contribution in [2.24, 2.45) is 0 Å². The predicted molar refractivity (Wildman–Crippen MR) is 92.7 cm³/mol. The lowest BCUT2D eigenvalue weighted by Gasteiger charge is -2.06.